The molecule has 0 radical (unpaired) electrons. The second kappa shape index (κ2) is 6.20. The van der Waals surface area contributed by atoms with Crippen LogP contribution < -0.4 is 4.74 Å². The number of nitrogens with zero attached hydrogens (tertiary/aromatic N) is 1. The molecule has 1 amide bonds. The van der Waals surface area contributed by atoms with Gasteiger partial charge in [-0.05, 0) is 26.0 Å². The number of aliphatic hydroxyl groups excluding tert-OH is 1. The van der Waals surface area contributed by atoms with E-state index >= 15 is 0 Å². The van der Waals surface area contributed by atoms with Crippen molar-refractivity contribution in [2.45, 2.75) is 26.1 Å². The van der Waals surface area contributed by atoms with Crippen LogP contribution in [0.1, 0.15) is 25.5 Å². The fraction of sp³-hybridized carbons (Fsp3) is 0.462. The number of benzene rings is 1. The van der Waals surface area contributed by atoms with Crippen molar-refractivity contribution in [3.63, 3.8) is 0 Å². The average molecular weight is 316 g/mol. The summed E-state index contributed by atoms with van der Waals surface area (Å²) in [5, 5.41) is 9.67. The largest absolute Gasteiger partial charge is 0.480 e. The Kier molecular flexibility index (Phi) is 5.16. The van der Waals surface area contributed by atoms with Gasteiger partial charge >= 0.3 is 0 Å². The van der Waals surface area contributed by atoms with Crippen molar-refractivity contribution in [1.29, 1.82) is 0 Å². The molecule has 5 heteroatoms. The van der Waals surface area contributed by atoms with E-state index in [4.69, 9.17) is 4.74 Å². The lowest BCUT2D eigenvalue weighted by Crippen LogP contribution is -2.35. The van der Waals surface area contributed by atoms with Gasteiger partial charge in [0.15, 0.2) is 6.10 Å². The molecular formula is C13H18BrNO3. The van der Waals surface area contributed by atoms with Crippen molar-refractivity contribution in [2.24, 2.45) is 0 Å². The van der Waals surface area contributed by atoms with E-state index in [9.17, 15) is 9.90 Å². The predicted octanol–water partition coefficient (Wildman–Crippen LogP) is 2.36. The molecule has 0 fully saturated rings. The normalized spacial score (nSPS) is 13.9. The quantitative estimate of drug-likeness (QED) is 0.928. The first-order chi connectivity index (χ1) is 8.32. The maximum Gasteiger partial charge on any atom is 0.262 e. The molecule has 0 saturated heterocycles. The molecule has 0 spiro atoms. The number of hydrogen-bond donors (Lipinski definition) is 1. The molecule has 1 rings (SSSR count). The predicted molar refractivity (Wildman–Crippen MR) is 73.6 cm³/mol. The summed E-state index contributed by atoms with van der Waals surface area (Å²) >= 11 is 3.34. The number of carbonyl (C=O) groups excluding carboxylic acids is 1. The van der Waals surface area contributed by atoms with Crippen LogP contribution in [0.15, 0.2) is 22.7 Å². The Morgan fingerprint density at radius 1 is 1.39 bits per heavy atom. The monoisotopic (exact) mass is 315 g/mol. The first-order valence-electron chi connectivity index (χ1n) is 5.68. The highest BCUT2D eigenvalue weighted by Gasteiger charge is 2.19. The highest BCUT2D eigenvalue weighted by Crippen LogP contribution is 2.29. The minimum atomic E-state index is -0.644. The molecule has 2 unspecified atom stereocenters. The van der Waals surface area contributed by atoms with E-state index in [-0.39, 0.29) is 5.91 Å². The number of rotatable bonds is 4. The van der Waals surface area contributed by atoms with Crippen LogP contribution in [0.3, 0.4) is 0 Å². The molecule has 0 aliphatic heterocycles. The van der Waals surface area contributed by atoms with Crippen molar-refractivity contribution >= 4 is 21.8 Å². The molecule has 0 heterocycles. The fourth-order valence-electron chi connectivity index (χ4n) is 1.56. The summed E-state index contributed by atoms with van der Waals surface area (Å²) < 4.78 is 6.47. The Labute approximate surface area is 116 Å². The van der Waals surface area contributed by atoms with Gasteiger partial charge in [-0.15, -0.1) is 0 Å². The molecule has 4 nitrogen and oxygen atoms in total. The lowest BCUT2D eigenvalue weighted by molar-refractivity contribution is -0.135. The molecule has 1 aromatic rings. The van der Waals surface area contributed by atoms with Gasteiger partial charge in [0.2, 0.25) is 0 Å². The topological polar surface area (TPSA) is 49.8 Å². The van der Waals surface area contributed by atoms with Gasteiger partial charge in [-0.3, -0.25) is 4.79 Å². The van der Waals surface area contributed by atoms with E-state index in [0.29, 0.717) is 11.3 Å². The fourth-order valence-corrected chi connectivity index (χ4v) is 1.90. The van der Waals surface area contributed by atoms with Crippen molar-refractivity contribution in [3.05, 3.63) is 28.2 Å². The van der Waals surface area contributed by atoms with Crippen molar-refractivity contribution in [1.82, 2.24) is 4.90 Å². The summed E-state index contributed by atoms with van der Waals surface area (Å²) in [6.07, 6.45) is -1.23. The van der Waals surface area contributed by atoms with E-state index < -0.39 is 12.2 Å². The van der Waals surface area contributed by atoms with Gasteiger partial charge in [-0.25, -0.2) is 0 Å². The van der Waals surface area contributed by atoms with E-state index in [1.807, 2.05) is 6.07 Å². The van der Waals surface area contributed by atoms with E-state index in [2.05, 4.69) is 15.9 Å². The van der Waals surface area contributed by atoms with Crippen LogP contribution in [0.4, 0.5) is 0 Å². The third kappa shape index (κ3) is 3.71. The molecule has 100 valence electrons. The zero-order valence-electron chi connectivity index (χ0n) is 11.0. The Morgan fingerprint density at radius 2 is 2.00 bits per heavy atom. The maximum absolute atomic E-state index is 11.7. The SMILES string of the molecule is CC(Oc1cc(Br)ccc1C(C)O)C(=O)N(C)C. The summed E-state index contributed by atoms with van der Waals surface area (Å²) in [6.45, 7) is 3.35. The standard InChI is InChI=1S/C13H18BrNO3/c1-8(16)11-6-5-10(14)7-12(11)18-9(2)13(17)15(3)4/h5-9,16H,1-4H3. The number of carbonyl (C=O) groups is 1. The van der Waals surface area contributed by atoms with E-state index in [1.165, 1.54) is 4.90 Å². The van der Waals surface area contributed by atoms with Crippen LogP contribution >= 0.6 is 15.9 Å². The zero-order chi connectivity index (χ0) is 13.9. The third-order valence-corrected chi connectivity index (χ3v) is 3.01. The molecular weight excluding hydrogens is 298 g/mol. The molecule has 0 bridgehead atoms. The van der Waals surface area contributed by atoms with Crippen LogP contribution in [0.2, 0.25) is 0 Å². The minimum Gasteiger partial charge on any atom is -0.480 e. The lowest BCUT2D eigenvalue weighted by atomic mass is 10.1. The molecule has 2 atom stereocenters. The first kappa shape index (κ1) is 15.0. The average Bonchev–Trinajstić information content (AvgIpc) is 2.27. The number of ether oxygens (including phenoxy) is 1. The smallest absolute Gasteiger partial charge is 0.262 e. The van der Waals surface area contributed by atoms with Gasteiger partial charge in [-0.2, -0.15) is 0 Å². The van der Waals surface area contributed by atoms with Crippen molar-refractivity contribution < 1.29 is 14.6 Å². The van der Waals surface area contributed by atoms with Crippen LogP contribution in [0, 0.1) is 0 Å². The zero-order valence-corrected chi connectivity index (χ0v) is 12.6. The van der Waals surface area contributed by atoms with Gasteiger partial charge in [0.25, 0.3) is 5.91 Å². The van der Waals surface area contributed by atoms with Crippen LogP contribution in [-0.2, 0) is 4.79 Å². The Balaban J connectivity index is 2.96. The molecule has 1 N–H and O–H groups in total. The Hall–Kier alpha value is -1.07. The van der Waals surface area contributed by atoms with Gasteiger partial charge in [0.05, 0.1) is 6.10 Å². The highest BCUT2D eigenvalue weighted by atomic mass is 79.9. The van der Waals surface area contributed by atoms with Gasteiger partial charge < -0.3 is 14.7 Å². The number of halogens is 1. The van der Waals surface area contributed by atoms with Gasteiger partial charge in [0, 0.05) is 24.1 Å². The third-order valence-electron chi connectivity index (χ3n) is 2.52. The second-order valence-electron chi connectivity index (χ2n) is 4.35. The first-order valence-corrected chi connectivity index (χ1v) is 6.47. The van der Waals surface area contributed by atoms with Crippen LogP contribution in [0.25, 0.3) is 0 Å². The summed E-state index contributed by atoms with van der Waals surface area (Å²) in [6, 6.07) is 5.35. The number of likely N-dealkylation sites (N-methyl/N-ethyl adjacent to an activating group) is 1. The highest BCUT2D eigenvalue weighted by molar-refractivity contribution is 9.10. The Bertz CT molecular complexity index is 432. The number of hydrogen-bond acceptors (Lipinski definition) is 3. The van der Waals surface area contributed by atoms with Crippen molar-refractivity contribution in [3.8, 4) is 5.75 Å². The summed E-state index contributed by atoms with van der Waals surface area (Å²) in [4.78, 5) is 13.2. The minimum absolute atomic E-state index is 0.119. The number of amides is 1. The van der Waals surface area contributed by atoms with E-state index in [0.717, 1.165) is 4.47 Å². The summed E-state index contributed by atoms with van der Waals surface area (Å²) in [7, 11) is 3.36. The Morgan fingerprint density at radius 3 is 2.50 bits per heavy atom. The van der Waals surface area contributed by atoms with Crippen LogP contribution in [-0.4, -0.2) is 36.1 Å². The van der Waals surface area contributed by atoms with Crippen molar-refractivity contribution in [2.75, 3.05) is 14.1 Å². The molecule has 0 aliphatic rings. The van der Waals surface area contributed by atoms with Gasteiger partial charge in [-0.1, -0.05) is 22.0 Å². The van der Waals surface area contributed by atoms with Crippen LogP contribution in [0.5, 0.6) is 5.75 Å². The maximum atomic E-state index is 11.7. The molecule has 18 heavy (non-hydrogen) atoms. The second-order valence-corrected chi connectivity index (χ2v) is 5.27. The molecule has 0 aromatic heterocycles. The molecule has 0 saturated carbocycles. The lowest BCUT2D eigenvalue weighted by Gasteiger charge is -2.21. The molecule has 1 aromatic carbocycles. The number of aliphatic hydroxyl groups is 1. The van der Waals surface area contributed by atoms with E-state index in [1.54, 1.807) is 40.1 Å². The van der Waals surface area contributed by atoms with Gasteiger partial charge in [0.1, 0.15) is 5.75 Å². The molecule has 0 aliphatic carbocycles. The summed E-state index contributed by atoms with van der Waals surface area (Å²) in [5.74, 6) is 0.397. The summed E-state index contributed by atoms with van der Waals surface area (Å²) in [5.41, 5.74) is 0.664.